The van der Waals surface area contributed by atoms with Crippen LogP contribution in [0, 0.1) is 12.8 Å². The first kappa shape index (κ1) is 27.4. The summed E-state index contributed by atoms with van der Waals surface area (Å²) in [6.45, 7) is 13.8. The summed E-state index contributed by atoms with van der Waals surface area (Å²) in [4.78, 5) is 7.87. The van der Waals surface area contributed by atoms with E-state index in [1.165, 1.54) is 59.9 Å². The van der Waals surface area contributed by atoms with Crippen molar-refractivity contribution in [3.05, 3.63) is 82.5 Å². The summed E-state index contributed by atoms with van der Waals surface area (Å²) in [5.41, 5.74) is 8.75. The van der Waals surface area contributed by atoms with Crippen LogP contribution < -0.4 is 4.74 Å². The van der Waals surface area contributed by atoms with E-state index in [9.17, 15) is 0 Å². The Bertz CT molecular complexity index is 1110. The third-order valence-electron chi connectivity index (χ3n) is 7.78. The van der Waals surface area contributed by atoms with Gasteiger partial charge < -0.3 is 4.74 Å². The molecule has 1 saturated carbocycles. The minimum absolute atomic E-state index is 0.112. The fraction of sp³-hybridized carbons (Fsp3) is 0.500. The highest BCUT2D eigenvalue weighted by molar-refractivity contribution is 5.70. The minimum atomic E-state index is 0.112. The molecule has 4 rings (SSSR count). The molecule has 1 heterocycles. The van der Waals surface area contributed by atoms with Crippen LogP contribution in [0.4, 0.5) is 0 Å². The van der Waals surface area contributed by atoms with Gasteiger partial charge in [-0.3, -0.25) is 9.88 Å². The maximum atomic E-state index is 6.51. The number of aromatic nitrogens is 1. The zero-order valence-electron chi connectivity index (χ0n) is 23.7. The second-order valence-electron chi connectivity index (χ2n) is 11.1. The third-order valence-corrected chi connectivity index (χ3v) is 7.78. The van der Waals surface area contributed by atoms with Crippen molar-refractivity contribution in [3.8, 4) is 17.0 Å². The molecule has 0 bridgehead atoms. The van der Waals surface area contributed by atoms with Gasteiger partial charge in [0.25, 0.3) is 0 Å². The van der Waals surface area contributed by atoms with Crippen LogP contribution in [0.2, 0.25) is 0 Å². The van der Waals surface area contributed by atoms with E-state index in [0.717, 1.165) is 55.5 Å². The zero-order chi connectivity index (χ0) is 26.2. The maximum absolute atomic E-state index is 6.51. The van der Waals surface area contributed by atoms with Crippen molar-refractivity contribution in [1.29, 1.82) is 0 Å². The lowest BCUT2D eigenvalue weighted by Crippen LogP contribution is -2.30. The van der Waals surface area contributed by atoms with Gasteiger partial charge in [-0.25, -0.2) is 0 Å². The topological polar surface area (TPSA) is 25.4 Å². The molecule has 3 nitrogen and oxygen atoms in total. The first-order valence-electron chi connectivity index (χ1n) is 14.5. The monoisotopic (exact) mass is 498 g/mol. The Morgan fingerprint density at radius 2 is 1.57 bits per heavy atom. The van der Waals surface area contributed by atoms with Crippen molar-refractivity contribution >= 4 is 0 Å². The first-order chi connectivity index (χ1) is 18.0. The van der Waals surface area contributed by atoms with Crippen molar-refractivity contribution in [2.45, 2.75) is 98.8 Å². The summed E-state index contributed by atoms with van der Waals surface area (Å²) in [6.07, 6.45) is 8.95. The summed E-state index contributed by atoms with van der Waals surface area (Å²) in [7, 11) is 0. The lowest BCUT2D eigenvalue weighted by molar-refractivity contribution is 0.180. The first-order valence-corrected chi connectivity index (χ1v) is 14.5. The van der Waals surface area contributed by atoms with Crippen LogP contribution in [-0.2, 0) is 25.9 Å². The quantitative estimate of drug-likeness (QED) is 0.265. The van der Waals surface area contributed by atoms with Gasteiger partial charge in [0.15, 0.2) is 0 Å². The van der Waals surface area contributed by atoms with Crippen LogP contribution in [0.5, 0.6) is 5.75 Å². The number of benzene rings is 2. The molecule has 1 aliphatic carbocycles. The molecule has 0 saturated heterocycles. The van der Waals surface area contributed by atoms with Gasteiger partial charge in [0.1, 0.15) is 5.75 Å². The van der Waals surface area contributed by atoms with Crippen LogP contribution in [0.15, 0.2) is 54.6 Å². The molecule has 1 aliphatic rings. The van der Waals surface area contributed by atoms with Gasteiger partial charge in [-0.15, -0.1) is 0 Å². The van der Waals surface area contributed by atoms with E-state index >= 15 is 0 Å². The fourth-order valence-electron chi connectivity index (χ4n) is 5.91. The Kier molecular flexibility index (Phi) is 9.80. The van der Waals surface area contributed by atoms with Crippen LogP contribution >= 0.6 is 0 Å². The van der Waals surface area contributed by atoms with Crippen molar-refractivity contribution < 1.29 is 4.74 Å². The average molecular weight is 499 g/mol. The van der Waals surface area contributed by atoms with E-state index in [4.69, 9.17) is 9.72 Å². The third kappa shape index (κ3) is 7.23. The summed E-state index contributed by atoms with van der Waals surface area (Å²) in [6, 6.07) is 19.8. The van der Waals surface area contributed by atoms with E-state index < -0.39 is 0 Å². The molecule has 198 valence electrons. The Morgan fingerprint density at radius 3 is 2.19 bits per heavy atom. The molecule has 0 atom stereocenters. The smallest absolute Gasteiger partial charge is 0.128 e. The van der Waals surface area contributed by atoms with Crippen molar-refractivity contribution in [1.82, 2.24) is 9.88 Å². The molecule has 0 spiro atoms. The molecule has 0 radical (unpaired) electrons. The van der Waals surface area contributed by atoms with E-state index in [1.54, 1.807) is 0 Å². The van der Waals surface area contributed by atoms with Crippen molar-refractivity contribution in [2.75, 3.05) is 6.54 Å². The lowest BCUT2D eigenvalue weighted by Gasteiger charge is -2.31. The molecular weight excluding hydrogens is 452 g/mol. The average Bonchev–Trinajstić information content (AvgIpc) is 2.90. The Morgan fingerprint density at radius 1 is 0.892 bits per heavy atom. The number of pyridine rings is 1. The molecule has 1 fully saturated rings. The van der Waals surface area contributed by atoms with E-state index in [1.807, 2.05) is 0 Å². The van der Waals surface area contributed by atoms with Crippen LogP contribution in [0.25, 0.3) is 11.3 Å². The molecular formula is C34H46N2O. The van der Waals surface area contributed by atoms with Crippen molar-refractivity contribution in [3.63, 3.8) is 0 Å². The van der Waals surface area contributed by atoms with Gasteiger partial charge in [-0.05, 0) is 69.1 Å². The Labute approximate surface area is 225 Å². The van der Waals surface area contributed by atoms with E-state index in [0.29, 0.717) is 0 Å². The van der Waals surface area contributed by atoms with Gasteiger partial charge in [0.2, 0.25) is 0 Å². The molecule has 2 aromatic carbocycles. The highest BCUT2D eigenvalue weighted by Gasteiger charge is 2.22. The Balaban J connectivity index is 1.71. The molecule has 1 aromatic heterocycles. The standard InChI is InChI=1S/C34H46N2O/c1-6-29-19-14-20-30(7-2)34(29)32-21-33(37-25(3)4)31(26(5)35-32)24-36(22-27-15-10-8-11-16-27)23-28-17-12-9-13-18-28/h8,10-11,14-16,19-21,25,28H,6-7,9,12-13,17-18,22-24H2,1-5H3. The minimum Gasteiger partial charge on any atom is -0.491 e. The van der Waals surface area contributed by atoms with E-state index in [-0.39, 0.29) is 6.10 Å². The van der Waals surface area contributed by atoms with Crippen LogP contribution in [-0.4, -0.2) is 22.5 Å². The highest BCUT2D eigenvalue weighted by Crippen LogP contribution is 2.35. The second-order valence-corrected chi connectivity index (χ2v) is 11.1. The summed E-state index contributed by atoms with van der Waals surface area (Å²) >= 11 is 0. The van der Waals surface area contributed by atoms with Gasteiger partial charge in [-0.1, -0.05) is 81.6 Å². The molecule has 37 heavy (non-hydrogen) atoms. The molecule has 3 aromatic rings. The van der Waals surface area contributed by atoms with Gasteiger partial charge >= 0.3 is 0 Å². The summed E-state index contributed by atoms with van der Waals surface area (Å²) in [5, 5.41) is 0. The van der Waals surface area contributed by atoms with Crippen LogP contribution in [0.3, 0.4) is 0 Å². The highest BCUT2D eigenvalue weighted by atomic mass is 16.5. The molecule has 0 unspecified atom stereocenters. The normalized spacial score (nSPS) is 14.5. The number of hydrogen-bond acceptors (Lipinski definition) is 3. The fourth-order valence-corrected chi connectivity index (χ4v) is 5.91. The lowest BCUT2D eigenvalue weighted by atomic mass is 9.88. The van der Waals surface area contributed by atoms with Gasteiger partial charge in [-0.2, -0.15) is 0 Å². The predicted octanol–water partition coefficient (Wildman–Crippen LogP) is 8.55. The van der Waals surface area contributed by atoms with Gasteiger partial charge in [0, 0.05) is 42.5 Å². The summed E-state index contributed by atoms with van der Waals surface area (Å²) < 4.78 is 6.51. The number of ether oxygens (including phenoxy) is 1. The van der Waals surface area contributed by atoms with Crippen molar-refractivity contribution in [2.24, 2.45) is 5.92 Å². The number of hydrogen-bond donors (Lipinski definition) is 0. The second kappa shape index (κ2) is 13.2. The van der Waals surface area contributed by atoms with Gasteiger partial charge in [0.05, 0.1) is 11.8 Å². The molecule has 0 amide bonds. The number of rotatable bonds is 11. The number of aryl methyl sites for hydroxylation is 3. The SMILES string of the molecule is CCc1cccc(CC)c1-c1cc(OC(C)C)c(CN(Cc2ccccc2)CC2CCCCC2)c(C)n1. The predicted molar refractivity (Wildman–Crippen MR) is 156 cm³/mol. The molecule has 3 heteroatoms. The van der Waals surface area contributed by atoms with Crippen LogP contribution in [0.1, 0.15) is 87.7 Å². The Hall–Kier alpha value is -2.65. The summed E-state index contributed by atoms with van der Waals surface area (Å²) in [5.74, 6) is 1.77. The zero-order valence-corrected chi connectivity index (χ0v) is 23.7. The molecule has 0 N–H and O–H groups in total. The number of nitrogens with zero attached hydrogens (tertiary/aromatic N) is 2. The van der Waals surface area contributed by atoms with E-state index in [2.05, 4.69) is 94.1 Å². The maximum Gasteiger partial charge on any atom is 0.128 e. The molecule has 0 aliphatic heterocycles. The largest absolute Gasteiger partial charge is 0.491 e.